The second-order valence-electron chi connectivity index (χ2n) is 5.49. The monoisotopic (exact) mass is 293 g/mol. The van der Waals surface area contributed by atoms with Gasteiger partial charge in [0.2, 0.25) is 5.91 Å². The highest BCUT2D eigenvalue weighted by Crippen LogP contribution is 2.48. The van der Waals surface area contributed by atoms with E-state index >= 15 is 0 Å². The Morgan fingerprint density at radius 3 is 2.90 bits per heavy atom. The number of morpholine rings is 1. The van der Waals surface area contributed by atoms with Gasteiger partial charge in [0, 0.05) is 12.5 Å². The maximum absolute atomic E-state index is 13.2. The minimum absolute atomic E-state index is 0.0410. The summed E-state index contributed by atoms with van der Waals surface area (Å²) in [5.41, 5.74) is 0.830. The summed E-state index contributed by atoms with van der Waals surface area (Å²) in [6.45, 7) is 0.732. The number of hydrogen-bond donors (Lipinski definition) is 1. The first-order valence-corrected chi connectivity index (χ1v) is 6.95. The van der Waals surface area contributed by atoms with Crippen LogP contribution in [0.25, 0.3) is 0 Å². The van der Waals surface area contributed by atoms with Crippen molar-refractivity contribution in [2.24, 2.45) is 5.92 Å². The van der Waals surface area contributed by atoms with Crippen LogP contribution in [0.15, 0.2) is 24.3 Å². The van der Waals surface area contributed by atoms with Crippen LogP contribution in [0.1, 0.15) is 17.9 Å². The van der Waals surface area contributed by atoms with Gasteiger partial charge in [-0.1, -0.05) is 12.1 Å². The molecule has 1 amide bonds. The number of nitrogens with zero attached hydrogens (tertiary/aromatic N) is 1. The first kappa shape index (κ1) is 14.0. The second-order valence-corrected chi connectivity index (χ2v) is 5.49. The van der Waals surface area contributed by atoms with Crippen LogP contribution < -0.4 is 0 Å². The molecule has 1 saturated carbocycles. The Labute approximate surface area is 121 Å². The number of carbonyl (C=O) groups is 2. The Bertz CT molecular complexity index is 577. The van der Waals surface area contributed by atoms with E-state index in [0.29, 0.717) is 13.0 Å². The fourth-order valence-corrected chi connectivity index (χ4v) is 2.81. The van der Waals surface area contributed by atoms with E-state index in [1.165, 1.54) is 12.1 Å². The fourth-order valence-electron chi connectivity index (χ4n) is 2.81. The minimum atomic E-state index is -1.05. The lowest BCUT2D eigenvalue weighted by atomic mass is 10.1. The highest BCUT2D eigenvalue weighted by Gasteiger charge is 2.46. The third-order valence-electron chi connectivity index (χ3n) is 4.04. The minimum Gasteiger partial charge on any atom is -0.479 e. The molecule has 1 aliphatic carbocycles. The van der Waals surface area contributed by atoms with Crippen LogP contribution in [0.5, 0.6) is 0 Å². The molecule has 3 atom stereocenters. The molecule has 1 aliphatic heterocycles. The zero-order chi connectivity index (χ0) is 15.0. The van der Waals surface area contributed by atoms with Crippen LogP contribution in [0, 0.1) is 11.7 Å². The summed E-state index contributed by atoms with van der Waals surface area (Å²) in [6.07, 6.45) is -0.258. The molecule has 0 aromatic heterocycles. The third-order valence-corrected chi connectivity index (χ3v) is 4.04. The van der Waals surface area contributed by atoms with E-state index in [9.17, 15) is 14.0 Å². The van der Waals surface area contributed by atoms with Gasteiger partial charge < -0.3 is 14.7 Å². The molecule has 0 radical (unpaired) electrons. The topological polar surface area (TPSA) is 66.8 Å². The number of carboxylic acid groups (broad SMARTS) is 1. The van der Waals surface area contributed by atoms with Crippen molar-refractivity contribution in [1.29, 1.82) is 0 Å². The number of halogens is 1. The number of ether oxygens (including phenoxy) is 1. The van der Waals surface area contributed by atoms with Crippen LogP contribution in [0.3, 0.4) is 0 Å². The van der Waals surface area contributed by atoms with Crippen molar-refractivity contribution in [2.45, 2.75) is 18.4 Å². The van der Waals surface area contributed by atoms with Crippen LogP contribution in [0.4, 0.5) is 4.39 Å². The molecule has 2 aliphatic rings. The third kappa shape index (κ3) is 2.90. The summed E-state index contributed by atoms with van der Waals surface area (Å²) in [5.74, 6) is -1.54. The summed E-state index contributed by atoms with van der Waals surface area (Å²) in [5, 5.41) is 8.95. The molecular formula is C15H16FNO4. The first-order valence-electron chi connectivity index (χ1n) is 6.95. The van der Waals surface area contributed by atoms with E-state index in [2.05, 4.69) is 0 Å². The standard InChI is InChI=1S/C15H16FNO4/c16-10-3-1-2-9(6-10)11-7-12(11)14(18)17-4-5-21-13(8-17)15(19)20/h1-3,6,11-13H,4-5,7-8H2,(H,19,20). The number of carboxylic acids is 1. The average Bonchev–Trinajstić information content (AvgIpc) is 3.27. The summed E-state index contributed by atoms with van der Waals surface area (Å²) >= 11 is 0. The predicted octanol–water partition coefficient (Wildman–Crippen LogP) is 1.24. The van der Waals surface area contributed by atoms with E-state index in [0.717, 1.165) is 5.56 Å². The largest absolute Gasteiger partial charge is 0.479 e. The number of hydrogen-bond acceptors (Lipinski definition) is 3. The molecule has 1 saturated heterocycles. The maximum atomic E-state index is 13.2. The highest BCUT2D eigenvalue weighted by molar-refractivity contribution is 5.84. The van der Waals surface area contributed by atoms with Crippen molar-refractivity contribution in [3.8, 4) is 0 Å². The van der Waals surface area contributed by atoms with Gasteiger partial charge in [-0.25, -0.2) is 9.18 Å². The van der Waals surface area contributed by atoms with Gasteiger partial charge in [-0.05, 0) is 30.0 Å². The predicted molar refractivity (Wildman–Crippen MR) is 71.2 cm³/mol. The van der Waals surface area contributed by atoms with Gasteiger partial charge in [0.05, 0.1) is 13.2 Å². The van der Waals surface area contributed by atoms with Gasteiger partial charge in [-0.3, -0.25) is 4.79 Å². The van der Waals surface area contributed by atoms with Crippen molar-refractivity contribution in [2.75, 3.05) is 19.7 Å². The second kappa shape index (κ2) is 5.44. The Kier molecular flexibility index (Phi) is 3.63. The number of carbonyl (C=O) groups excluding carboxylic acids is 1. The lowest BCUT2D eigenvalue weighted by Crippen LogP contribution is -2.49. The van der Waals surface area contributed by atoms with Gasteiger partial charge in [0.1, 0.15) is 5.82 Å². The quantitative estimate of drug-likeness (QED) is 0.910. The van der Waals surface area contributed by atoms with Crippen LogP contribution in [0.2, 0.25) is 0 Å². The number of rotatable bonds is 3. The Morgan fingerprint density at radius 1 is 1.38 bits per heavy atom. The Hall–Kier alpha value is -1.95. The van der Waals surface area contributed by atoms with Gasteiger partial charge in [-0.2, -0.15) is 0 Å². The molecule has 1 aromatic rings. The molecular weight excluding hydrogens is 277 g/mol. The summed E-state index contributed by atoms with van der Waals surface area (Å²) in [6, 6.07) is 6.29. The van der Waals surface area contributed by atoms with Crippen molar-refractivity contribution in [1.82, 2.24) is 4.90 Å². The zero-order valence-electron chi connectivity index (χ0n) is 11.4. The molecule has 3 rings (SSSR count). The van der Waals surface area contributed by atoms with Gasteiger partial charge >= 0.3 is 5.97 Å². The number of aliphatic carboxylic acids is 1. The lowest BCUT2D eigenvalue weighted by Gasteiger charge is -2.31. The summed E-state index contributed by atoms with van der Waals surface area (Å²) in [7, 11) is 0. The molecule has 5 nitrogen and oxygen atoms in total. The van der Waals surface area contributed by atoms with E-state index in [4.69, 9.17) is 9.84 Å². The highest BCUT2D eigenvalue weighted by atomic mass is 19.1. The molecule has 3 unspecified atom stereocenters. The van der Waals surface area contributed by atoms with Crippen molar-refractivity contribution >= 4 is 11.9 Å². The van der Waals surface area contributed by atoms with Gasteiger partial charge in [0.15, 0.2) is 6.10 Å². The molecule has 1 aromatic carbocycles. The van der Waals surface area contributed by atoms with E-state index in [-0.39, 0.29) is 36.7 Å². The number of amides is 1. The smallest absolute Gasteiger partial charge is 0.334 e. The van der Waals surface area contributed by atoms with E-state index in [1.54, 1.807) is 11.0 Å². The Morgan fingerprint density at radius 2 is 2.19 bits per heavy atom. The van der Waals surface area contributed by atoms with Gasteiger partial charge in [-0.15, -0.1) is 0 Å². The van der Waals surface area contributed by atoms with Crippen molar-refractivity contribution in [3.05, 3.63) is 35.6 Å². The molecule has 0 spiro atoms. The molecule has 0 bridgehead atoms. The maximum Gasteiger partial charge on any atom is 0.334 e. The molecule has 21 heavy (non-hydrogen) atoms. The summed E-state index contributed by atoms with van der Waals surface area (Å²) < 4.78 is 18.3. The average molecular weight is 293 g/mol. The zero-order valence-corrected chi connectivity index (χ0v) is 11.4. The van der Waals surface area contributed by atoms with Gasteiger partial charge in [0.25, 0.3) is 0 Å². The molecule has 112 valence electrons. The SMILES string of the molecule is O=C(O)C1CN(C(=O)C2CC2c2cccc(F)c2)CCO1. The molecule has 1 heterocycles. The lowest BCUT2D eigenvalue weighted by molar-refractivity contribution is -0.159. The van der Waals surface area contributed by atoms with Crippen LogP contribution >= 0.6 is 0 Å². The molecule has 1 N–H and O–H groups in total. The fraction of sp³-hybridized carbons (Fsp3) is 0.467. The molecule has 2 fully saturated rings. The van der Waals surface area contributed by atoms with Crippen molar-refractivity contribution in [3.63, 3.8) is 0 Å². The summed E-state index contributed by atoms with van der Waals surface area (Å²) in [4.78, 5) is 24.9. The number of benzene rings is 1. The first-order chi connectivity index (χ1) is 10.1. The van der Waals surface area contributed by atoms with Crippen LogP contribution in [-0.2, 0) is 14.3 Å². The van der Waals surface area contributed by atoms with Crippen molar-refractivity contribution < 1.29 is 23.8 Å². The normalized spacial score (nSPS) is 28.2. The van der Waals surface area contributed by atoms with E-state index in [1.807, 2.05) is 6.07 Å². The van der Waals surface area contributed by atoms with E-state index < -0.39 is 12.1 Å². The van der Waals surface area contributed by atoms with Crippen LogP contribution in [-0.4, -0.2) is 47.7 Å². The molecule has 6 heteroatoms. The Balaban J connectivity index is 1.63.